The summed E-state index contributed by atoms with van der Waals surface area (Å²) in [6.07, 6.45) is 1.55. The molecule has 0 bridgehead atoms. The van der Waals surface area contributed by atoms with Crippen molar-refractivity contribution in [2.45, 2.75) is 6.92 Å². The molecule has 3 aromatic rings. The van der Waals surface area contributed by atoms with Crippen LogP contribution in [0.15, 0.2) is 54.3 Å². The lowest BCUT2D eigenvalue weighted by molar-refractivity contribution is 0.0733. The smallest absolute Gasteiger partial charge is 0.343 e. The molecule has 0 spiro atoms. The third-order valence-electron chi connectivity index (χ3n) is 5.34. The van der Waals surface area contributed by atoms with E-state index in [0.29, 0.717) is 39.7 Å². The average molecular weight is 464 g/mol. The zero-order valence-electron chi connectivity index (χ0n) is 18.9. The molecule has 1 heterocycles. The van der Waals surface area contributed by atoms with E-state index < -0.39 is 11.8 Å². The Labute approximate surface area is 195 Å². The average Bonchev–Trinajstić information content (AvgIpc) is 3.16. The van der Waals surface area contributed by atoms with Crippen LogP contribution in [-0.4, -0.2) is 33.1 Å². The summed E-state index contributed by atoms with van der Waals surface area (Å²) in [4.78, 5) is 25.4. The molecule has 0 amide bonds. The summed E-state index contributed by atoms with van der Waals surface area (Å²) in [5, 5.41) is 0. The Morgan fingerprint density at radius 1 is 0.882 bits per heavy atom. The van der Waals surface area contributed by atoms with Gasteiger partial charge in [0.25, 0.3) is 0 Å². The molecule has 34 heavy (non-hydrogen) atoms. The predicted octanol–water partition coefficient (Wildman–Crippen LogP) is 5.00. The molecule has 4 rings (SSSR count). The number of ether oxygens (including phenoxy) is 5. The van der Waals surface area contributed by atoms with Crippen molar-refractivity contribution in [3.63, 3.8) is 0 Å². The molecule has 0 unspecified atom stereocenters. The highest BCUT2D eigenvalue weighted by atomic mass is 19.1. The Balaban J connectivity index is 1.65. The number of benzene rings is 3. The van der Waals surface area contributed by atoms with Crippen molar-refractivity contribution in [2.75, 3.05) is 21.3 Å². The maximum Gasteiger partial charge on any atom is 0.343 e. The summed E-state index contributed by atoms with van der Waals surface area (Å²) in [5.41, 5.74) is 1.56. The van der Waals surface area contributed by atoms with Crippen molar-refractivity contribution in [1.82, 2.24) is 0 Å². The van der Waals surface area contributed by atoms with E-state index in [1.54, 1.807) is 25.1 Å². The van der Waals surface area contributed by atoms with Gasteiger partial charge in [-0.25, -0.2) is 9.18 Å². The number of hydrogen-bond acceptors (Lipinski definition) is 7. The van der Waals surface area contributed by atoms with Gasteiger partial charge in [-0.3, -0.25) is 4.79 Å². The number of methoxy groups -OCH3 is 3. The lowest BCUT2D eigenvalue weighted by Gasteiger charge is -2.12. The minimum absolute atomic E-state index is 0.0747. The van der Waals surface area contributed by atoms with Crippen LogP contribution >= 0.6 is 0 Å². The van der Waals surface area contributed by atoms with Crippen LogP contribution in [0.25, 0.3) is 6.08 Å². The van der Waals surface area contributed by atoms with Gasteiger partial charge in [0.2, 0.25) is 5.78 Å². The van der Waals surface area contributed by atoms with Gasteiger partial charge < -0.3 is 23.7 Å². The van der Waals surface area contributed by atoms with Crippen LogP contribution in [0.4, 0.5) is 4.39 Å². The molecule has 1 aliphatic heterocycles. The molecule has 0 aromatic heterocycles. The van der Waals surface area contributed by atoms with E-state index in [9.17, 15) is 14.0 Å². The van der Waals surface area contributed by atoms with E-state index in [1.807, 2.05) is 0 Å². The number of halogens is 1. The highest BCUT2D eigenvalue weighted by Crippen LogP contribution is 2.41. The van der Waals surface area contributed by atoms with Crippen LogP contribution in [0, 0.1) is 12.7 Å². The monoisotopic (exact) mass is 464 g/mol. The second kappa shape index (κ2) is 9.27. The molecule has 0 radical (unpaired) electrons. The first-order valence-corrected chi connectivity index (χ1v) is 10.2. The lowest BCUT2D eigenvalue weighted by atomic mass is 10.1. The molecule has 1 aliphatic rings. The third kappa shape index (κ3) is 4.17. The molecular formula is C26H21FO7. The number of ketones is 1. The summed E-state index contributed by atoms with van der Waals surface area (Å²) in [7, 11) is 4.52. The summed E-state index contributed by atoms with van der Waals surface area (Å²) >= 11 is 0. The van der Waals surface area contributed by atoms with Crippen molar-refractivity contribution in [1.29, 1.82) is 0 Å². The van der Waals surface area contributed by atoms with E-state index >= 15 is 0 Å². The van der Waals surface area contributed by atoms with Crippen molar-refractivity contribution in [3.8, 4) is 28.7 Å². The highest BCUT2D eigenvalue weighted by molar-refractivity contribution is 6.15. The van der Waals surface area contributed by atoms with Crippen LogP contribution in [0.3, 0.4) is 0 Å². The summed E-state index contributed by atoms with van der Waals surface area (Å²) in [6, 6.07) is 11.4. The fourth-order valence-electron chi connectivity index (χ4n) is 3.53. The van der Waals surface area contributed by atoms with Crippen LogP contribution in [0.5, 0.6) is 28.7 Å². The van der Waals surface area contributed by atoms with Crippen molar-refractivity contribution in [3.05, 3.63) is 82.4 Å². The number of fused-ring (bicyclic) bond motifs is 1. The van der Waals surface area contributed by atoms with Crippen molar-refractivity contribution < 1.29 is 37.7 Å². The largest absolute Gasteiger partial charge is 0.496 e. The van der Waals surface area contributed by atoms with Gasteiger partial charge >= 0.3 is 5.97 Å². The third-order valence-corrected chi connectivity index (χ3v) is 5.34. The quantitative estimate of drug-likeness (QED) is 0.289. The fraction of sp³-hybridized carbons (Fsp3) is 0.154. The van der Waals surface area contributed by atoms with Gasteiger partial charge in [-0.15, -0.1) is 0 Å². The van der Waals surface area contributed by atoms with Crippen LogP contribution < -0.4 is 23.7 Å². The predicted molar refractivity (Wildman–Crippen MR) is 122 cm³/mol. The molecule has 0 aliphatic carbocycles. The Morgan fingerprint density at radius 3 is 2.18 bits per heavy atom. The Kier molecular flexibility index (Phi) is 6.23. The number of allylic oxidation sites excluding steroid dienone is 1. The summed E-state index contributed by atoms with van der Waals surface area (Å²) < 4.78 is 40.5. The molecular weight excluding hydrogens is 443 g/mol. The van der Waals surface area contributed by atoms with Crippen molar-refractivity contribution in [2.24, 2.45) is 0 Å². The van der Waals surface area contributed by atoms with Gasteiger partial charge in [-0.1, -0.05) is 0 Å². The minimum Gasteiger partial charge on any atom is -0.496 e. The Morgan fingerprint density at radius 2 is 1.53 bits per heavy atom. The standard InChI is InChI=1S/C26H21FO7/c1-14-19(34-26(29)15-5-7-17(27)8-6-15)10-9-18-24(28)23(33-25(14)18)12-16-11-21(31-3)22(32-4)13-20(16)30-2/h5-13H,1-4H3/b23-12-. The molecule has 0 saturated carbocycles. The first kappa shape index (κ1) is 22.8. The maximum absolute atomic E-state index is 13.1. The highest BCUT2D eigenvalue weighted by Gasteiger charge is 2.31. The molecule has 0 atom stereocenters. The molecule has 7 nitrogen and oxygen atoms in total. The second-order valence-corrected chi connectivity index (χ2v) is 7.35. The number of carbonyl (C=O) groups is 2. The molecule has 174 valence electrons. The molecule has 0 saturated heterocycles. The molecule has 8 heteroatoms. The number of hydrogen-bond donors (Lipinski definition) is 0. The number of carbonyl (C=O) groups excluding carboxylic acids is 2. The fourth-order valence-corrected chi connectivity index (χ4v) is 3.53. The van der Waals surface area contributed by atoms with Gasteiger partial charge in [0.05, 0.1) is 32.5 Å². The molecule has 0 N–H and O–H groups in total. The van der Waals surface area contributed by atoms with Gasteiger partial charge in [0, 0.05) is 17.2 Å². The van der Waals surface area contributed by atoms with Crippen LogP contribution in [0.2, 0.25) is 0 Å². The second-order valence-electron chi connectivity index (χ2n) is 7.35. The van der Waals surface area contributed by atoms with E-state index in [4.69, 9.17) is 23.7 Å². The van der Waals surface area contributed by atoms with Crippen LogP contribution in [0.1, 0.15) is 31.8 Å². The minimum atomic E-state index is -0.654. The number of esters is 1. The van der Waals surface area contributed by atoms with E-state index in [1.165, 1.54) is 57.7 Å². The van der Waals surface area contributed by atoms with Gasteiger partial charge in [0.1, 0.15) is 23.1 Å². The Hall–Kier alpha value is -4.33. The number of Topliss-reactive ketones (excluding diaryl/α,β-unsaturated/α-hetero) is 1. The summed E-state index contributed by atoms with van der Waals surface area (Å²) in [5.74, 6) is 0.558. The molecule has 0 fully saturated rings. The van der Waals surface area contributed by atoms with E-state index in [0.717, 1.165) is 0 Å². The zero-order valence-corrected chi connectivity index (χ0v) is 18.9. The zero-order chi connectivity index (χ0) is 24.4. The first-order valence-electron chi connectivity index (χ1n) is 10.2. The van der Waals surface area contributed by atoms with E-state index in [-0.39, 0.29) is 22.9 Å². The van der Waals surface area contributed by atoms with Gasteiger partial charge in [0.15, 0.2) is 17.3 Å². The van der Waals surface area contributed by atoms with Gasteiger partial charge in [-0.2, -0.15) is 0 Å². The normalized spacial score (nSPS) is 13.3. The SMILES string of the molecule is COc1cc(OC)c(OC)cc1/C=C1\Oc2c(ccc(OC(=O)c3ccc(F)cc3)c2C)C1=O. The van der Waals surface area contributed by atoms with Gasteiger partial charge in [-0.05, 0) is 55.5 Å². The van der Waals surface area contributed by atoms with Crippen molar-refractivity contribution >= 4 is 17.8 Å². The lowest BCUT2D eigenvalue weighted by Crippen LogP contribution is -2.09. The van der Waals surface area contributed by atoms with Crippen LogP contribution in [-0.2, 0) is 0 Å². The van der Waals surface area contributed by atoms with E-state index in [2.05, 4.69) is 0 Å². The first-order chi connectivity index (χ1) is 16.4. The molecule has 3 aromatic carbocycles. The maximum atomic E-state index is 13.1. The Bertz CT molecular complexity index is 1310. The summed E-state index contributed by atoms with van der Waals surface area (Å²) in [6.45, 7) is 1.68. The topological polar surface area (TPSA) is 80.3 Å². The number of rotatable bonds is 6.